The van der Waals surface area contributed by atoms with E-state index < -0.39 is 4.92 Å². The Kier molecular flexibility index (Phi) is 5.88. The third-order valence-corrected chi connectivity index (χ3v) is 4.13. The second kappa shape index (κ2) is 8.70. The van der Waals surface area contributed by atoms with Gasteiger partial charge in [-0.25, -0.2) is 0 Å². The number of hydrogen-bond donors (Lipinski definition) is 5. The lowest BCUT2D eigenvalue weighted by Crippen LogP contribution is -2.11. The van der Waals surface area contributed by atoms with Gasteiger partial charge in [-0.15, -0.1) is 0 Å². The van der Waals surface area contributed by atoms with Crippen molar-refractivity contribution in [1.82, 2.24) is 0 Å². The summed E-state index contributed by atoms with van der Waals surface area (Å²) < 4.78 is 5.39. The number of nitro benzene ring substituents is 1. The van der Waals surface area contributed by atoms with Gasteiger partial charge in [-0.05, 0) is 31.2 Å². The van der Waals surface area contributed by atoms with E-state index in [0.29, 0.717) is 22.8 Å². The molecule has 0 amide bonds. The molecule has 0 radical (unpaired) electrons. The average Bonchev–Trinajstić information content (AvgIpc) is 2.73. The second-order valence-corrected chi connectivity index (χ2v) is 6.24. The third-order valence-electron chi connectivity index (χ3n) is 4.13. The van der Waals surface area contributed by atoms with Crippen molar-refractivity contribution in [2.24, 2.45) is 0 Å². The number of methoxy groups -OCH3 is 1. The number of hydrogen-bond acceptors (Lipinski definition) is 8. The topological polar surface area (TPSA) is 121 Å². The van der Waals surface area contributed by atoms with Gasteiger partial charge in [0.2, 0.25) is 0 Å². The number of aryl methyl sites for hydroxylation is 1. The van der Waals surface area contributed by atoms with Gasteiger partial charge >= 0.3 is 0 Å². The Morgan fingerprint density at radius 1 is 0.862 bits per heavy atom. The number of phenolic OH excluding ortho intramolecular Hbond substituents is 1. The van der Waals surface area contributed by atoms with Crippen molar-refractivity contribution in [2.75, 3.05) is 28.8 Å². The smallest absolute Gasteiger partial charge is 0.269 e. The minimum Gasteiger partial charge on any atom is -0.506 e. The maximum atomic E-state index is 10.7. The normalized spacial score (nSPS) is 10.1. The third kappa shape index (κ3) is 4.98. The standard InChI is InChI=1S/C20H21N5O4/c1-13-3-5-14(6-4-13)22-24-18-11-19(26)17(12-20(18)29-2)23-21-15-7-9-16(10-8-15)25(27)28/h3-12,21-24,26H,1-2H3. The number of anilines is 4. The van der Waals surface area contributed by atoms with E-state index in [1.807, 2.05) is 31.2 Å². The molecule has 0 fully saturated rings. The van der Waals surface area contributed by atoms with Crippen LogP contribution in [0.25, 0.3) is 0 Å². The molecule has 3 rings (SSSR count). The molecular weight excluding hydrogens is 374 g/mol. The van der Waals surface area contributed by atoms with Gasteiger partial charge in [-0.1, -0.05) is 17.7 Å². The van der Waals surface area contributed by atoms with Gasteiger partial charge in [-0.3, -0.25) is 21.0 Å². The average molecular weight is 395 g/mol. The number of aromatic hydroxyl groups is 1. The van der Waals surface area contributed by atoms with Crippen LogP contribution in [-0.2, 0) is 0 Å². The molecule has 150 valence electrons. The number of non-ortho nitro benzene ring substituents is 1. The first-order chi connectivity index (χ1) is 14.0. The highest BCUT2D eigenvalue weighted by molar-refractivity contribution is 5.72. The highest BCUT2D eigenvalue weighted by atomic mass is 16.6. The Hall–Kier alpha value is -4.14. The van der Waals surface area contributed by atoms with E-state index in [1.165, 1.54) is 25.3 Å². The van der Waals surface area contributed by atoms with Gasteiger partial charge in [0.15, 0.2) is 0 Å². The lowest BCUT2D eigenvalue weighted by Gasteiger charge is -2.17. The number of rotatable bonds is 8. The molecule has 9 nitrogen and oxygen atoms in total. The van der Waals surface area contributed by atoms with Gasteiger partial charge < -0.3 is 20.7 Å². The molecular formula is C20H21N5O4. The van der Waals surface area contributed by atoms with Crippen LogP contribution < -0.4 is 26.4 Å². The summed E-state index contributed by atoms with van der Waals surface area (Å²) in [6.45, 7) is 2.01. The Morgan fingerprint density at radius 3 is 1.97 bits per heavy atom. The lowest BCUT2D eigenvalue weighted by atomic mass is 10.2. The first-order valence-electron chi connectivity index (χ1n) is 8.72. The van der Waals surface area contributed by atoms with Crippen molar-refractivity contribution >= 4 is 28.4 Å². The molecule has 0 aliphatic heterocycles. The maximum absolute atomic E-state index is 10.7. The van der Waals surface area contributed by atoms with Crippen molar-refractivity contribution in [3.8, 4) is 11.5 Å². The van der Waals surface area contributed by atoms with E-state index in [9.17, 15) is 15.2 Å². The van der Waals surface area contributed by atoms with Gasteiger partial charge in [-0.2, -0.15) is 0 Å². The van der Waals surface area contributed by atoms with Crippen molar-refractivity contribution in [3.05, 3.63) is 76.3 Å². The SMILES string of the molecule is COc1cc(NNc2ccc([N+](=O)[O-])cc2)c(O)cc1NNc1ccc(C)cc1. The molecule has 5 N–H and O–H groups in total. The van der Waals surface area contributed by atoms with Crippen LogP contribution in [0.5, 0.6) is 11.5 Å². The molecule has 0 atom stereocenters. The minimum atomic E-state index is -0.468. The number of nitrogens with zero attached hydrogens (tertiary/aromatic N) is 1. The quantitative estimate of drug-likeness (QED) is 0.215. The predicted octanol–water partition coefficient (Wildman–Crippen LogP) is 4.50. The Labute approximate surface area is 167 Å². The van der Waals surface area contributed by atoms with Crippen molar-refractivity contribution in [2.45, 2.75) is 6.92 Å². The molecule has 0 aromatic heterocycles. The number of ether oxygens (including phenoxy) is 1. The second-order valence-electron chi connectivity index (χ2n) is 6.24. The van der Waals surface area contributed by atoms with Crippen LogP contribution in [-0.4, -0.2) is 17.1 Å². The van der Waals surface area contributed by atoms with Crippen LogP contribution in [0.3, 0.4) is 0 Å². The molecule has 0 saturated carbocycles. The predicted molar refractivity (Wildman–Crippen MR) is 113 cm³/mol. The molecule has 0 bridgehead atoms. The Balaban J connectivity index is 1.68. The lowest BCUT2D eigenvalue weighted by molar-refractivity contribution is -0.384. The zero-order valence-electron chi connectivity index (χ0n) is 15.9. The molecule has 0 saturated heterocycles. The number of nitrogens with one attached hydrogen (secondary N) is 4. The summed E-state index contributed by atoms with van der Waals surface area (Å²) in [5, 5.41) is 21.0. The molecule has 3 aromatic carbocycles. The van der Waals surface area contributed by atoms with E-state index in [1.54, 1.807) is 18.2 Å². The number of hydrazine groups is 2. The fourth-order valence-corrected chi connectivity index (χ4v) is 2.52. The highest BCUT2D eigenvalue weighted by Gasteiger charge is 2.11. The zero-order valence-corrected chi connectivity index (χ0v) is 15.9. The van der Waals surface area contributed by atoms with Gasteiger partial charge in [0.05, 0.1) is 34.8 Å². The van der Waals surface area contributed by atoms with E-state index in [-0.39, 0.29) is 11.4 Å². The molecule has 9 heteroatoms. The van der Waals surface area contributed by atoms with E-state index in [2.05, 4.69) is 21.7 Å². The molecule has 29 heavy (non-hydrogen) atoms. The monoisotopic (exact) mass is 395 g/mol. The van der Waals surface area contributed by atoms with E-state index in [0.717, 1.165) is 11.3 Å². The fourth-order valence-electron chi connectivity index (χ4n) is 2.52. The molecule has 0 spiro atoms. The van der Waals surface area contributed by atoms with Crippen molar-refractivity contribution in [3.63, 3.8) is 0 Å². The molecule has 3 aromatic rings. The van der Waals surface area contributed by atoms with Gasteiger partial charge in [0, 0.05) is 24.3 Å². The van der Waals surface area contributed by atoms with E-state index in [4.69, 9.17) is 4.74 Å². The first-order valence-corrected chi connectivity index (χ1v) is 8.72. The minimum absolute atomic E-state index is 0.00318. The van der Waals surface area contributed by atoms with Crippen LogP contribution in [0.2, 0.25) is 0 Å². The van der Waals surface area contributed by atoms with Crippen LogP contribution in [0, 0.1) is 17.0 Å². The molecule has 0 aliphatic rings. The molecule has 0 heterocycles. The summed E-state index contributed by atoms with van der Waals surface area (Å²) in [5.74, 6) is 0.476. The van der Waals surface area contributed by atoms with Gasteiger partial charge in [0.1, 0.15) is 11.5 Å². The van der Waals surface area contributed by atoms with Gasteiger partial charge in [0.25, 0.3) is 5.69 Å². The number of phenols is 1. The van der Waals surface area contributed by atoms with Crippen LogP contribution in [0.1, 0.15) is 5.56 Å². The largest absolute Gasteiger partial charge is 0.506 e. The Bertz CT molecular complexity index is 991. The summed E-state index contributed by atoms with van der Waals surface area (Å²) in [5.41, 5.74) is 15.3. The van der Waals surface area contributed by atoms with Crippen LogP contribution >= 0.6 is 0 Å². The summed E-state index contributed by atoms with van der Waals surface area (Å²) in [7, 11) is 1.52. The molecule has 0 unspecified atom stereocenters. The van der Waals surface area contributed by atoms with E-state index >= 15 is 0 Å². The van der Waals surface area contributed by atoms with Crippen molar-refractivity contribution < 1.29 is 14.8 Å². The van der Waals surface area contributed by atoms with Crippen molar-refractivity contribution in [1.29, 1.82) is 0 Å². The molecule has 0 aliphatic carbocycles. The first kappa shape index (κ1) is 19.6. The summed E-state index contributed by atoms with van der Waals surface area (Å²) in [6.07, 6.45) is 0. The Morgan fingerprint density at radius 2 is 1.41 bits per heavy atom. The number of nitro groups is 1. The summed E-state index contributed by atoms with van der Waals surface area (Å²) in [6, 6.07) is 16.8. The summed E-state index contributed by atoms with van der Waals surface area (Å²) >= 11 is 0. The summed E-state index contributed by atoms with van der Waals surface area (Å²) in [4.78, 5) is 10.2. The van der Waals surface area contributed by atoms with Crippen LogP contribution in [0.4, 0.5) is 28.4 Å². The maximum Gasteiger partial charge on any atom is 0.269 e. The van der Waals surface area contributed by atoms with Crippen LogP contribution in [0.15, 0.2) is 60.7 Å². The highest BCUT2D eigenvalue weighted by Crippen LogP contribution is 2.35. The fraction of sp³-hybridized carbons (Fsp3) is 0.100. The zero-order chi connectivity index (χ0) is 20.8. The number of benzene rings is 3.